The Kier molecular flexibility index (Phi) is 8.34. The predicted molar refractivity (Wildman–Crippen MR) is 75.4 cm³/mol. The van der Waals surface area contributed by atoms with Gasteiger partial charge in [0.1, 0.15) is 0 Å². The predicted octanol–water partition coefficient (Wildman–Crippen LogP) is 2.59. The van der Waals surface area contributed by atoms with Crippen LogP contribution in [0.5, 0.6) is 0 Å². The third kappa shape index (κ3) is 5.55. The van der Waals surface area contributed by atoms with E-state index in [0.717, 1.165) is 6.04 Å². The normalized spacial score (nSPS) is 22.5. The Balaban J connectivity index is 2.18. The van der Waals surface area contributed by atoms with Gasteiger partial charge in [0.15, 0.2) is 0 Å². The van der Waals surface area contributed by atoms with Gasteiger partial charge in [0.05, 0.1) is 0 Å². The summed E-state index contributed by atoms with van der Waals surface area (Å²) in [4.78, 5) is 2.73. The van der Waals surface area contributed by atoms with E-state index in [9.17, 15) is 0 Å². The highest BCUT2D eigenvalue weighted by molar-refractivity contribution is 7.99. The summed E-state index contributed by atoms with van der Waals surface area (Å²) in [6.45, 7) is 6.08. The van der Waals surface area contributed by atoms with Crippen LogP contribution < -0.4 is 5.32 Å². The zero-order valence-electron chi connectivity index (χ0n) is 11.0. The molecule has 1 aliphatic rings. The van der Waals surface area contributed by atoms with Crippen molar-refractivity contribution >= 4 is 11.8 Å². The lowest BCUT2D eigenvalue weighted by molar-refractivity contribution is 0.141. The zero-order chi connectivity index (χ0) is 11.6. The Morgan fingerprint density at radius 2 is 2.25 bits per heavy atom. The lowest BCUT2D eigenvalue weighted by atomic mass is 9.99. The third-order valence-electron chi connectivity index (χ3n) is 3.41. The Morgan fingerprint density at radius 1 is 1.38 bits per heavy atom. The van der Waals surface area contributed by atoms with E-state index >= 15 is 0 Å². The Morgan fingerprint density at radius 3 is 3.00 bits per heavy atom. The van der Waals surface area contributed by atoms with Gasteiger partial charge < -0.3 is 10.2 Å². The van der Waals surface area contributed by atoms with Crippen molar-refractivity contribution < 1.29 is 0 Å². The van der Waals surface area contributed by atoms with Crippen LogP contribution in [0.3, 0.4) is 0 Å². The summed E-state index contributed by atoms with van der Waals surface area (Å²) in [6, 6.07) is 0.854. The van der Waals surface area contributed by atoms with Crippen LogP contribution in [0, 0.1) is 0 Å². The van der Waals surface area contributed by atoms with Gasteiger partial charge in [-0.25, -0.2) is 0 Å². The van der Waals surface area contributed by atoms with Crippen LogP contribution >= 0.6 is 11.8 Å². The summed E-state index contributed by atoms with van der Waals surface area (Å²) in [5, 5.41) is 3.28. The number of rotatable bonds is 8. The summed E-state index contributed by atoms with van der Waals surface area (Å²) >= 11 is 2.08. The summed E-state index contributed by atoms with van der Waals surface area (Å²) in [6.07, 6.45) is 6.97. The van der Waals surface area contributed by atoms with Crippen molar-refractivity contribution in [3.05, 3.63) is 0 Å². The Hall–Kier alpha value is 0.270. The smallest absolute Gasteiger partial charge is 0.0107 e. The number of nitrogens with one attached hydrogen (secondary N) is 1. The first-order valence-electron chi connectivity index (χ1n) is 6.85. The molecule has 1 unspecified atom stereocenters. The summed E-state index contributed by atoms with van der Waals surface area (Å²) in [5.74, 6) is 2.61. The molecule has 0 bridgehead atoms. The van der Waals surface area contributed by atoms with Crippen molar-refractivity contribution in [1.29, 1.82) is 0 Å². The second-order valence-electron chi connectivity index (χ2n) is 4.63. The van der Waals surface area contributed by atoms with Crippen molar-refractivity contribution in [2.75, 3.05) is 38.2 Å². The fraction of sp³-hybridized carbons (Fsp3) is 1.00. The first-order valence-corrected chi connectivity index (χ1v) is 8.00. The van der Waals surface area contributed by atoms with Crippen LogP contribution in [0.2, 0.25) is 0 Å². The largest absolute Gasteiger partial charge is 0.320 e. The van der Waals surface area contributed by atoms with Gasteiger partial charge in [0.25, 0.3) is 0 Å². The van der Waals surface area contributed by atoms with E-state index in [1.54, 1.807) is 0 Å². The fourth-order valence-electron chi connectivity index (χ4n) is 2.51. The van der Waals surface area contributed by atoms with Gasteiger partial charge in [0, 0.05) is 6.04 Å². The lowest BCUT2D eigenvalue weighted by Gasteiger charge is -2.35. The van der Waals surface area contributed by atoms with Crippen molar-refractivity contribution in [1.82, 2.24) is 10.2 Å². The van der Waals surface area contributed by atoms with Gasteiger partial charge in [-0.15, -0.1) is 0 Å². The molecule has 16 heavy (non-hydrogen) atoms. The van der Waals surface area contributed by atoms with E-state index in [2.05, 4.69) is 35.9 Å². The quantitative estimate of drug-likeness (QED) is 0.661. The molecule has 0 amide bonds. The molecular formula is C13H28N2S. The number of piperidine rings is 1. The highest BCUT2D eigenvalue weighted by atomic mass is 32.2. The second-order valence-corrected chi connectivity index (χ2v) is 6.02. The molecule has 0 saturated carbocycles. The van der Waals surface area contributed by atoms with Gasteiger partial charge >= 0.3 is 0 Å². The minimum Gasteiger partial charge on any atom is -0.320 e. The van der Waals surface area contributed by atoms with E-state index in [-0.39, 0.29) is 0 Å². The molecule has 0 aromatic rings. The highest BCUT2D eigenvalue weighted by Crippen LogP contribution is 2.19. The zero-order valence-corrected chi connectivity index (χ0v) is 11.8. The van der Waals surface area contributed by atoms with Crippen LogP contribution in [0.15, 0.2) is 0 Å². The molecule has 3 heteroatoms. The molecule has 0 aromatic heterocycles. The Bertz CT molecular complexity index is 164. The van der Waals surface area contributed by atoms with Crippen molar-refractivity contribution in [3.8, 4) is 0 Å². The molecule has 0 aliphatic carbocycles. The monoisotopic (exact) mass is 244 g/mol. The average molecular weight is 244 g/mol. The van der Waals surface area contributed by atoms with E-state index in [1.165, 1.54) is 63.2 Å². The molecule has 0 radical (unpaired) electrons. The van der Waals surface area contributed by atoms with Gasteiger partial charge in [-0.05, 0) is 63.9 Å². The van der Waals surface area contributed by atoms with Crippen molar-refractivity contribution in [3.63, 3.8) is 0 Å². The molecule has 1 saturated heterocycles. The third-order valence-corrected chi connectivity index (χ3v) is 4.40. The molecule has 96 valence electrons. The molecular weight excluding hydrogens is 216 g/mol. The molecule has 1 fully saturated rings. The number of thioether (sulfide) groups is 1. The average Bonchev–Trinajstić information content (AvgIpc) is 2.33. The molecule has 1 atom stereocenters. The van der Waals surface area contributed by atoms with Crippen LogP contribution in [-0.2, 0) is 0 Å². The minimum atomic E-state index is 0.854. The van der Waals surface area contributed by atoms with Crippen LogP contribution in [0.4, 0.5) is 0 Å². The molecule has 1 aliphatic heterocycles. The SMILES string of the molecule is CCSCCCN1CCCCC1CCNC. The maximum absolute atomic E-state index is 3.28. The lowest BCUT2D eigenvalue weighted by Crippen LogP contribution is -2.41. The van der Waals surface area contributed by atoms with E-state index < -0.39 is 0 Å². The fourth-order valence-corrected chi connectivity index (χ4v) is 3.13. The molecule has 2 nitrogen and oxygen atoms in total. The van der Waals surface area contributed by atoms with Gasteiger partial charge in [-0.3, -0.25) is 0 Å². The van der Waals surface area contributed by atoms with E-state index in [4.69, 9.17) is 0 Å². The number of hydrogen-bond donors (Lipinski definition) is 1. The first kappa shape index (κ1) is 14.3. The van der Waals surface area contributed by atoms with Gasteiger partial charge in [-0.1, -0.05) is 13.3 Å². The van der Waals surface area contributed by atoms with Gasteiger partial charge in [0.2, 0.25) is 0 Å². The molecule has 1 N–H and O–H groups in total. The van der Waals surface area contributed by atoms with Crippen LogP contribution in [0.1, 0.15) is 39.0 Å². The number of nitrogens with zero attached hydrogens (tertiary/aromatic N) is 1. The summed E-state index contributed by atoms with van der Waals surface area (Å²) < 4.78 is 0. The highest BCUT2D eigenvalue weighted by Gasteiger charge is 2.20. The standard InChI is InChI=1S/C13H28N2S/c1-3-16-12-6-11-15-10-5-4-7-13(15)8-9-14-2/h13-14H,3-12H2,1-2H3. The number of likely N-dealkylation sites (tertiary alicyclic amines) is 1. The molecule has 0 aromatic carbocycles. The second kappa shape index (κ2) is 9.32. The van der Waals surface area contributed by atoms with Crippen molar-refractivity contribution in [2.24, 2.45) is 0 Å². The number of hydrogen-bond acceptors (Lipinski definition) is 3. The first-order chi connectivity index (χ1) is 7.88. The van der Waals surface area contributed by atoms with E-state index in [1.807, 2.05) is 0 Å². The van der Waals surface area contributed by atoms with Crippen molar-refractivity contribution in [2.45, 2.75) is 45.1 Å². The molecule has 0 spiro atoms. The topological polar surface area (TPSA) is 15.3 Å². The van der Waals surface area contributed by atoms with E-state index in [0.29, 0.717) is 0 Å². The summed E-state index contributed by atoms with van der Waals surface area (Å²) in [5.41, 5.74) is 0. The maximum Gasteiger partial charge on any atom is 0.0107 e. The Labute approximate surface area is 106 Å². The van der Waals surface area contributed by atoms with Crippen LogP contribution in [-0.4, -0.2) is 49.1 Å². The molecule has 1 heterocycles. The maximum atomic E-state index is 3.28. The summed E-state index contributed by atoms with van der Waals surface area (Å²) in [7, 11) is 2.06. The van der Waals surface area contributed by atoms with Crippen LogP contribution in [0.25, 0.3) is 0 Å². The minimum absolute atomic E-state index is 0.854. The molecule has 1 rings (SSSR count). The van der Waals surface area contributed by atoms with Gasteiger partial charge in [-0.2, -0.15) is 11.8 Å².